The minimum Gasteiger partial charge on any atom is -0.330 e. The van der Waals surface area contributed by atoms with Crippen molar-refractivity contribution in [3.8, 4) is 11.8 Å². The molecule has 0 radical (unpaired) electrons. The Morgan fingerprint density at radius 2 is 2.06 bits per heavy atom. The van der Waals surface area contributed by atoms with Crippen LogP contribution in [0.3, 0.4) is 0 Å². The van der Waals surface area contributed by atoms with Crippen LogP contribution in [0, 0.1) is 11.8 Å². The number of carbonyl (C=O) groups is 1. The maximum Gasteiger partial charge on any atom is 0.225 e. The molecule has 0 fully saturated rings. The molecule has 0 aliphatic rings. The third-order valence-corrected chi connectivity index (χ3v) is 2.18. The molecule has 0 aliphatic carbocycles. The van der Waals surface area contributed by atoms with Gasteiger partial charge in [-0.2, -0.15) is 0 Å². The van der Waals surface area contributed by atoms with E-state index >= 15 is 0 Å². The van der Waals surface area contributed by atoms with Gasteiger partial charge in [0, 0.05) is 36.5 Å². The Morgan fingerprint density at radius 1 is 1.35 bits per heavy atom. The first-order valence-electron chi connectivity index (χ1n) is 5.41. The molecule has 0 unspecified atom stereocenters. The lowest BCUT2D eigenvalue weighted by Gasteiger charge is -2.03. The lowest BCUT2D eigenvalue weighted by Crippen LogP contribution is -2.11. The molecule has 0 saturated carbocycles. The number of alkyl halides is 1. The molecule has 1 amide bonds. The Hall–Kier alpha value is -1.50. The van der Waals surface area contributed by atoms with Crippen molar-refractivity contribution in [3.05, 3.63) is 29.8 Å². The fourth-order valence-corrected chi connectivity index (χ4v) is 1.35. The summed E-state index contributed by atoms with van der Waals surface area (Å²) in [6, 6.07) is 7.36. The number of rotatable bonds is 4. The van der Waals surface area contributed by atoms with Gasteiger partial charge in [-0.3, -0.25) is 4.79 Å². The van der Waals surface area contributed by atoms with Crippen LogP contribution in [0.2, 0.25) is 0 Å². The first-order valence-corrected chi connectivity index (χ1v) is 5.94. The molecular formula is C13H15ClN2O. The van der Waals surface area contributed by atoms with E-state index < -0.39 is 0 Å². The number of amides is 1. The molecule has 3 N–H and O–H groups in total. The standard InChI is InChI=1S/C13H15ClN2O/c14-9-8-13(17)16-12-6-4-11(5-7-12)3-1-2-10-15/h4-7H,2,8-10,15H2,(H,16,17). The Labute approximate surface area is 106 Å². The number of nitrogens with two attached hydrogens (primary N) is 1. The summed E-state index contributed by atoms with van der Waals surface area (Å²) in [5.41, 5.74) is 7.00. The lowest BCUT2D eigenvalue weighted by molar-refractivity contribution is -0.115. The molecular weight excluding hydrogens is 236 g/mol. The molecule has 0 aliphatic heterocycles. The quantitative estimate of drug-likeness (QED) is 0.634. The number of halogens is 1. The van der Waals surface area contributed by atoms with E-state index in [4.69, 9.17) is 17.3 Å². The highest BCUT2D eigenvalue weighted by Gasteiger charge is 2.00. The molecule has 3 nitrogen and oxygen atoms in total. The van der Waals surface area contributed by atoms with E-state index in [1.54, 1.807) is 0 Å². The Balaban J connectivity index is 2.56. The van der Waals surface area contributed by atoms with Gasteiger partial charge in [0.25, 0.3) is 0 Å². The van der Waals surface area contributed by atoms with Gasteiger partial charge in [-0.25, -0.2) is 0 Å². The molecule has 17 heavy (non-hydrogen) atoms. The van der Waals surface area contributed by atoms with Crippen LogP contribution in [0.25, 0.3) is 0 Å². The smallest absolute Gasteiger partial charge is 0.225 e. The van der Waals surface area contributed by atoms with E-state index in [0.717, 1.165) is 11.3 Å². The molecule has 90 valence electrons. The van der Waals surface area contributed by atoms with Gasteiger partial charge in [-0.15, -0.1) is 11.6 Å². The molecule has 0 aromatic heterocycles. The Kier molecular flexibility index (Phi) is 6.16. The average Bonchev–Trinajstić information content (AvgIpc) is 2.32. The summed E-state index contributed by atoms with van der Waals surface area (Å²) < 4.78 is 0. The fourth-order valence-electron chi connectivity index (χ4n) is 1.18. The van der Waals surface area contributed by atoms with E-state index in [1.165, 1.54) is 0 Å². The second-order valence-electron chi connectivity index (χ2n) is 3.40. The molecule has 0 atom stereocenters. The predicted molar refractivity (Wildman–Crippen MR) is 71.0 cm³/mol. The second-order valence-corrected chi connectivity index (χ2v) is 3.78. The van der Waals surface area contributed by atoms with Crippen molar-refractivity contribution in [1.29, 1.82) is 0 Å². The van der Waals surface area contributed by atoms with Gasteiger partial charge in [-0.1, -0.05) is 11.8 Å². The first-order chi connectivity index (χ1) is 8.26. The minimum absolute atomic E-state index is 0.0815. The summed E-state index contributed by atoms with van der Waals surface area (Å²) >= 11 is 5.47. The predicted octanol–water partition coefficient (Wildman–Crippen LogP) is 1.95. The number of hydrogen-bond donors (Lipinski definition) is 2. The van der Waals surface area contributed by atoms with Gasteiger partial charge >= 0.3 is 0 Å². The zero-order valence-corrected chi connectivity index (χ0v) is 10.3. The highest BCUT2D eigenvalue weighted by atomic mass is 35.5. The summed E-state index contributed by atoms with van der Waals surface area (Å²) in [5, 5.41) is 2.75. The first kappa shape index (κ1) is 13.6. The maximum absolute atomic E-state index is 11.3. The number of carbonyl (C=O) groups excluding carboxylic acids is 1. The van der Waals surface area contributed by atoms with Crippen molar-refractivity contribution < 1.29 is 4.79 Å². The largest absolute Gasteiger partial charge is 0.330 e. The second kappa shape index (κ2) is 7.72. The van der Waals surface area contributed by atoms with E-state index in [-0.39, 0.29) is 5.91 Å². The molecule has 1 aromatic carbocycles. The van der Waals surface area contributed by atoms with Gasteiger partial charge in [0.1, 0.15) is 0 Å². The molecule has 0 saturated heterocycles. The van der Waals surface area contributed by atoms with Crippen LogP contribution in [0.4, 0.5) is 5.69 Å². The van der Waals surface area contributed by atoms with E-state index in [9.17, 15) is 4.79 Å². The highest BCUT2D eigenvalue weighted by molar-refractivity contribution is 6.19. The zero-order valence-electron chi connectivity index (χ0n) is 9.50. The van der Waals surface area contributed by atoms with Crippen LogP contribution in [0.15, 0.2) is 24.3 Å². The summed E-state index contributed by atoms with van der Waals surface area (Å²) in [4.78, 5) is 11.3. The van der Waals surface area contributed by atoms with Gasteiger partial charge in [0.05, 0.1) is 0 Å². The van der Waals surface area contributed by atoms with Gasteiger partial charge < -0.3 is 11.1 Å². The van der Waals surface area contributed by atoms with Crippen molar-refractivity contribution in [3.63, 3.8) is 0 Å². The topological polar surface area (TPSA) is 55.1 Å². The summed E-state index contributed by atoms with van der Waals surface area (Å²) in [7, 11) is 0. The van der Waals surface area contributed by atoms with Gasteiger partial charge in [-0.05, 0) is 24.3 Å². The van der Waals surface area contributed by atoms with E-state index in [2.05, 4.69) is 17.2 Å². The number of nitrogens with one attached hydrogen (secondary N) is 1. The molecule has 0 heterocycles. The summed E-state index contributed by atoms with van der Waals surface area (Å²) in [6.07, 6.45) is 1.01. The molecule has 0 spiro atoms. The summed E-state index contributed by atoms with van der Waals surface area (Å²) in [5.74, 6) is 6.19. The highest BCUT2D eigenvalue weighted by Crippen LogP contribution is 2.09. The number of hydrogen-bond acceptors (Lipinski definition) is 2. The zero-order chi connectivity index (χ0) is 12.5. The molecule has 4 heteroatoms. The lowest BCUT2D eigenvalue weighted by atomic mass is 10.2. The maximum atomic E-state index is 11.3. The van der Waals surface area contributed by atoms with Crippen molar-refractivity contribution in [2.24, 2.45) is 5.73 Å². The van der Waals surface area contributed by atoms with Crippen molar-refractivity contribution in [1.82, 2.24) is 0 Å². The number of benzene rings is 1. The van der Waals surface area contributed by atoms with Crippen LogP contribution < -0.4 is 11.1 Å². The van der Waals surface area contributed by atoms with Crippen LogP contribution in [0.5, 0.6) is 0 Å². The van der Waals surface area contributed by atoms with Gasteiger partial charge in [0.2, 0.25) is 5.91 Å². The third-order valence-electron chi connectivity index (χ3n) is 1.99. The number of anilines is 1. The van der Waals surface area contributed by atoms with Crippen LogP contribution in [-0.2, 0) is 4.79 Å². The van der Waals surface area contributed by atoms with Crippen LogP contribution in [-0.4, -0.2) is 18.3 Å². The van der Waals surface area contributed by atoms with Gasteiger partial charge in [0.15, 0.2) is 0 Å². The normalized spacial score (nSPS) is 9.29. The Morgan fingerprint density at radius 3 is 2.65 bits per heavy atom. The van der Waals surface area contributed by atoms with Crippen LogP contribution in [0.1, 0.15) is 18.4 Å². The fraction of sp³-hybridized carbons (Fsp3) is 0.308. The minimum atomic E-state index is -0.0815. The van der Waals surface area contributed by atoms with Crippen molar-refractivity contribution in [2.45, 2.75) is 12.8 Å². The monoisotopic (exact) mass is 250 g/mol. The third kappa shape index (κ3) is 5.39. The molecule has 0 bridgehead atoms. The van der Waals surface area contributed by atoms with Crippen molar-refractivity contribution >= 4 is 23.2 Å². The molecule has 1 aromatic rings. The van der Waals surface area contributed by atoms with Crippen molar-refractivity contribution in [2.75, 3.05) is 17.7 Å². The molecule has 1 rings (SSSR count). The summed E-state index contributed by atoms with van der Waals surface area (Å²) in [6.45, 7) is 0.569. The SMILES string of the molecule is NCCC#Cc1ccc(NC(=O)CCCl)cc1. The Bertz CT molecular complexity index is 417. The van der Waals surface area contributed by atoms with E-state index in [1.807, 2.05) is 24.3 Å². The van der Waals surface area contributed by atoms with Crippen LogP contribution >= 0.6 is 11.6 Å². The van der Waals surface area contributed by atoms with E-state index in [0.29, 0.717) is 25.3 Å². The average molecular weight is 251 g/mol.